The quantitative estimate of drug-likeness (QED) is 0.840. The van der Waals surface area contributed by atoms with Gasteiger partial charge in [-0.05, 0) is 25.5 Å². The SMILES string of the molecule is CCCOc1cccc(-c2nc(C)c(C(=O)[O-])s2)c1. The van der Waals surface area contributed by atoms with Crippen LogP contribution in [-0.4, -0.2) is 17.6 Å². The fourth-order valence-electron chi connectivity index (χ4n) is 1.65. The molecule has 1 heterocycles. The zero-order chi connectivity index (χ0) is 13.8. The molecule has 0 spiro atoms. The summed E-state index contributed by atoms with van der Waals surface area (Å²) < 4.78 is 5.55. The molecule has 0 unspecified atom stereocenters. The molecule has 1 aromatic carbocycles. The van der Waals surface area contributed by atoms with E-state index < -0.39 is 5.97 Å². The van der Waals surface area contributed by atoms with E-state index in [-0.39, 0.29) is 4.88 Å². The van der Waals surface area contributed by atoms with Crippen LogP contribution in [0.25, 0.3) is 10.6 Å². The summed E-state index contributed by atoms with van der Waals surface area (Å²) in [4.78, 5) is 15.4. The molecule has 0 fully saturated rings. The Bertz CT molecular complexity index is 592. The molecule has 0 aliphatic heterocycles. The summed E-state index contributed by atoms with van der Waals surface area (Å²) >= 11 is 1.12. The van der Waals surface area contributed by atoms with Crippen molar-refractivity contribution in [1.82, 2.24) is 4.98 Å². The first-order chi connectivity index (χ1) is 9.11. The number of carbonyl (C=O) groups excluding carboxylic acids is 1. The monoisotopic (exact) mass is 276 g/mol. The van der Waals surface area contributed by atoms with Gasteiger partial charge < -0.3 is 14.6 Å². The Kier molecular flexibility index (Phi) is 4.16. The standard InChI is InChI=1S/C14H15NO3S/c1-3-7-18-11-6-4-5-10(8-11)13-15-9(2)12(19-13)14(16)17/h4-6,8H,3,7H2,1-2H3,(H,16,17)/p-1. The van der Waals surface area contributed by atoms with E-state index in [1.807, 2.05) is 31.2 Å². The van der Waals surface area contributed by atoms with Gasteiger partial charge in [0.2, 0.25) is 0 Å². The fourth-order valence-corrected chi connectivity index (χ4v) is 2.55. The molecular weight excluding hydrogens is 262 g/mol. The number of benzene rings is 1. The highest BCUT2D eigenvalue weighted by molar-refractivity contribution is 7.17. The lowest BCUT2D eigenvalue weighted by molar-refractivity contribution is -0.254. The predicted molar refractivity (Wildman–Crippen MR) is 72.4 cm³/mol. The molecule has 19 heavy (non-hydrogen) atoms. The number of ether oxygens (including phenoxy) is 1. The molecule has 100 valence electrons. The van der Waals surface area contributed by atoms with Gasteiger partial charge in [-0.25, -0.2) is 4.98 Å². The number of rotatable bonds is 5. The normalized spacial score (nSPS) is 10.4. The van der Waals surface area contributed by atoms with Crippen molar-refractivity contribution in [2.24, 2.45) is 0 Å². The van der Waals surface area contributed by atoms with Crippen LogP contribution in [0.5, 0.6) is 5.75 Å². The number of hydrogen-bond donors (Lipinski definition) is 0. The van der Waals surface area contributed by atoms with Crippen molar-refractivity contribution in [3.8, 4) is 16.3 Å². The second-order valence-corrected chi connectivity index (χ2v) is 5.10. The molecule has 0 bridgehead atoms. The Labute approximate surface area is 115 Å². The molecule has 0 atom stereocenters. The number of carbonyl (C=O) groups is 1. The lowest BCUT2D eigenvalue weighted by Gasteiger charge is -2.05. The highest BCUT2D eigenvalue weighted by atomic mass is 32.1. The van der Waals surface area contributed by atoms with Crippen molar-refractivity contribution in [3.63, 3.8) is 0 Å². The number of thiazole rings is 1. The van der Waals surface area contributed by atoms with Crippen molar-refractivity contribution in [3.05, 3.63) is 34.8 Å². The summed E-state index contributed by atoms with van der Waals surface area (Å²) in [5.41, 5.74) is 1.34. The van der Waals surface area contributed by atoms with E-state index in [9.17, 15) is 9.90 Å². The number of aromatic carboxylic acids is 1. The molecule has 5 heteroatoms. The molecule has 0 aliphatic rings. The van der Waals surface area contributed by atoms with Crippen molar-refractivity contribution in [2.45, 2.75) is 20.3 Å². The van der Waals surface area contributed by atoms with Crippen LogP contribution in [0.3, 0.4) is 0 Å². The maximum absolute atomic E-state index is 10.9. The van der Waals surface area contributed by atoms with E-state index >= 15 is 0 Å². The number of carboxylic acid groups (broad SMARTS) is 1. The third kappa shape index (κ3) is 3.12. The minimum Gasteiger partial charge on any atom is -0.544 e. The summed E-state index contributed by atoms with van der Waals surface area (Å²) in [5.74, 6) is -0.415. The van der Waals surface area contributed by atoms with Gasteiger partial charge in [0.1, 0.15) is 10.8 Å². The van der Waals surface area contributed by atoms with Gasteiger partial charge in [0.05, 0.1) is 23.1 Å². The van der Waals surface area contributed by atoms with E-state index in [2.05, 4.69) is 4.98 Å². The summed E-state index contributed by atoms with van der Waals surface area (Å²) in [5, 5.41) is 11.6. The zero-order valence-electron chi connectivity index (χ0n) is 10.8. The van der Waals surface area contributed by atoms with E-state index in [4.69, 9.17) is 4.74 Å². The van der Waals surface area contributed by atoms with Crippen LogP contribution in [-0.2, 0) is 0 Å². The van der Waals surface area contributed by atoms with Crippen molar-refractivity contribution >= 4 is 17.3 Å². The van der Waals surface area contributed by atoms with Crippen LogP contribution >= 0.6 is 11.3 Å². The summed E-state index contributed by atoms with van der Waals surface area (Å²) in [6, 6.07) is 7.50. The fraction of sp³-hybridized carbons (Fsp3) is 0.286. The van der Waals surface area contributed by atoms with Gasteiger partial charge >= 0.3 is 0 Å². The Morgan fingerprint density at radius 1 is 1.47 bits per heavy atom. The van der Waals surface area contributed by atoms with E-state index in [1.54, 1.807) is 6.92 Å². The maximum Gasteiger partial charge on any atom is 0.124 e. The number of aryl methyl sites for hydroxylation is 1. The summed E-state index contributed by atoms with van der Waals surface area (Å²) in [7, 11) is 0. The first-order valence-corrected chi connectivity index (χ1v) is 6.85. The molecular formula is C14H14NO3S-. The van der Waals surface area contributed by atoms with Crippen LogP contribution in [0, 0.1) is 6.92 Å². The third-order valence-electron chi connectivity index (χ3n) is 2.54. The summed E-state index contributed by atoms with van der Waals surface area (Å²) in [6.45, 7) is 4.37. The lowest BCUT2D eigenvalue weighted by atomic mass is 10.2. The average Bonchev–Trinajstić information content (AvgIpc) is 2.79. The molecule has 0 N–H and O–H groups in total. The summed E-state index contributed by atoms with van der Waals surface area (Å²) in [6.07, 6.45) is 0.940. The first-order valence-electron chi connectivity index (χ1n) is 6.03. The zero-order valence-corrected chi connectivity index (χ0v) is 11.6. The maximum atomic E-state index is 10.9. The molecule has 4 nitrogen and oxygen atoms in total. The Morgan fingerprint density at radius 3 is 2.89 bits per heavy atom. The smallest absolute Gasteiger partial charge is 0.124 e. The highest BCUT2D eigenvalue weighted by Gasteiger charge is 2.10. The van der Waals surface area contributed by atoms with Crippen LogP contribution in [0.4, 0.5) is 0 Å². The van der Waals surface area contributed by atoms with Gasteiger partial charge in [-0.1, -0.05) is 19.1 Å². The lowest BCUT2D eigenvalue weighted by Crippen LogP contribution is -2.21. The Balaban J connectivity index is 2.31. The molecule has 2 aromatic rings. The van der Waals surface area contributed by atoms with Crippen LogP contribution in [0.2, 0.25) is 0 Å². The molecule has 0 saturated carbocycles. The molecule has 0 amide bonds. The van der Waals surface area contributed by atoms with E-state index in [1.165, 1.54) is 0 Å². The van der Waals surface area contributed by atoms with E-state index in [0.717, 1.165) is 29.1 Å². The van der Waals surface area contributed by atoms with Gasteiger partial charge in [-0.3, -0.25) is 0 Å². The highest BCUT2D eigenvalue weighted by Crippen LogP contribution is 2.29. The first kappa shape index (κ1) is 13.5. The number of carboxylic acids is 1. The molecule has 2 rings (SSSR count). The third-order valence-corrected chi connectivity index (χ3v) is 3.72. The van der Waals surface area contributed by atoms with Crippen LogP contribution in [0.15, 0.2) is 24.3 Å². The molecule has 1 aromatic heterocycles. The minimum atomic E-state index is -1.18. The number of aromatic nitrogens is 1. The second-order valence-electron chi connectivity index (χ2n) is 4.10. The van der Waals surface area contributed by atoms with Gasteiger partial charge in [0.25, 0.3) is 0 Å². The van der Waals surface area contributed by atoms with Crippen LogP contribution in [0.1, 0.15) is 28.7 Å². The van der Waals surface area contributed by atoms with Gasteiger partial charge in [-0.2, -0.15) is 0 Å². The number of hydrogen-bond acceptors (Lipinski definition) is 5. The average molecular weight is 276 g/mol. The second kappa shape index (κ2) is 5.84. The topological polar surface area (TPSA) is 62.2 Å². The van der Waals surface area contributed by atoms with Crippen LogP contribution < -0.4 is 9.84 Å². The minimum absolute atomic E-state index is 0.176. The Hall–Kier alpha value is -1.88. The van der Waals surface area contributed by atoms with Crippen molar-refractivity contribution in [1.29, 1.82) is 0 Å². The molecule has 0 radical (unpaired) electrons. The van der Waals surface area contributed by atoms with Crippen molar-refractivity contribution in [2.75, 3.05) is 6.61 Å². The Morgan fingerprint density at radius 2 is 2.26 bits per heavy atom. The van der Waals surface area contributed by atoms with Gasteiger partial charge in [0.15, 0.2) is 0 Å². The largest absolute Gasteiger partial charge is 0.544 e. The van der Waals surface area contributed by atoms with Gasteiger partial charge in [0, 0.05) is 5.56 Å². The molecule has 0 aliphatic carbocycles. The number of nitrogens with zero attached hydrogens (tertiary/aromatic N) is 1. The molecule has 0 saturated heterocycles. The van der Waals surface area contributed by atoms with Crippen molar-refractivity contribution < 1.29 is 14.6 Å². The predicted octanol–water partition coefficient (Wildman–Crippen LogP) is 2.27. The van der Waals surface area contributed by atoms with E-state index in [0.29, 0.717) is 17.3 Å². The van der Waals surface area contributed by atoms with Gasteiger partial charge in [-0.15, -0.1) is 11.3 Å².